The molecular weight excluding hydrogens is 410 g/mol. The number of nitrogens with one attached hydrogen (secondary N) is 2. The van der Waals surface area contributed by atoms with Crippen molar-refractivity contribution in [3.63, 3.8) is 0 Å². The third-order valence-electron chi connectivity index (χ3n) is 6.63. The van der Waals surface area contributed by atoms with Gasteiger partial charge in [0, 0.05) is 28.8 Å². The minimum atomic E-state index is -0.193. The first-order valence-electron chi connectivity index (χ1n) is 11.5. The van der Waals surface area contributed by atoms with Crippen molar-refractivity contribution in [3.05, 3.63) is 94.7 Å². The van der Waals surface area contributed by atoms with Gasteiger partial charge in [0.1, 0.15) is 5.75 Å². The zero-order valence-electron chi connectivity index (χ0n) is 19.3. The predicted molar refractivity (Wildman–Crippen MR) is 133 cm³/mol. The number of aryl methyl sites for hydroxylation is 2. The highest BCUT2D eigenvalue weighted by Gasteiger charge is 2.34. The summed E-state index contributed by atoms with van der Waals surface area (Å²) in [4.78, 5) is 19.2. The predicted octanol–water partition coefficient (Wildman–Crippen LogP) is 6.23. The summed E-state index contributed by atoms with van der Waals surface area (Å²) < 4.78 is 5.47. The Bertz CT molecular complexity index is 1310. The number of benzene rings is 3. The van der Waals surface area contributed by atoms with Gasteiger partial charge in [0.25, 0.3) is 0 Å². The molecule has 168 valence electrons. The van der Waals surface area contributed by atoms with E-state index in [1.165, 1.54) is 11.1 Å². The van der Waals surface area contributed by atoms with Crippen LogP contribution < -0.4 is 10.1 Å². The summed E-state index contributed by atoms with van der Waals surface area (Å²) in [6.45, 7) is 4.82. The number of aromatic amines is 1. The Morgan fingerprint density at radius 2 is 1.91 bits per heavy atom. The number of para-hydroxylation sites is 1. The zero-order chi connectivity index (χ0) is 22.9. The number of H-pyrrole nitrogens is 1. The molecule has 1 aliphatic heterocycles. The van der Waals surface area contributed by atoms with Gasteiger partial charge in [-0.2, -0.15) is 0 Å². The first-order valence-corrected chi connectivity index (χ1v) is 11.5. The van der Waals surface area contributed by atoms with Crippen molar-refractivity contribution in [1.29, 1.82) is 0 Å². The molecule has 4 aromatic rings. The van der Waals surface area contributed by atoms with Crippen LogP contribution in [0.5, 0.6) is 5.75 Å². The van der Waals surface area contributed by atoms with Crippen molar-refractivity contribution in [2.75, 3.05) is 19.0 Å². The maximum Gasteiger partial charge on any atom is 0.322 e. The SMILES string of the molecule is CCc1ccccc1NC(=O)N1CCc2c([nH]c3ccc(OC)cc23)[C@H]1c1ccc(C)cc1. The first kappa shape index (κ1) is 21.1. The monoisotopic (exact) mass is 439 g/mol. The normalized spacial score (nSPS) is 15.4. The van der Waals surface area contributed by atoms with Gasteiger partial charge in [-0.3, -0.25) is 0 Å². The molecule has 2 heterocycles. The molecule has 1 aromatic heterocycles. The summed E-state index contributed by atoms with van der Waals surface area (Å²) >= 11 is 0. The zero-order valence-corrected chi connectivity index (χ0v) is 19.3. The molecule has 0 fully saturated rings. The minimum absolute atomic E-state index is 0.0802. The maximum absolute atomic E-state index is 13.6. The lowest BCUT2D eigenvalue weighted by molar-refractivity contribution is 0.193. The number of carbonyl (C=O) groups excluding carboxylic acids is 1. The average Bonchev–Trinajstić information content (AvgIpc) is 3.22. The summed E-state index contributed by atoms with van der Waals surface area (Å²) in [5.41, 5.74) is 7.70. The number of amides is 2. The molecule has 0 radical (unpaired) electrons. The molecule has 0 bridgehead atoms. The summed E-state index contributed by atoms with van der Waals surface area (Å²) in [5, 5.41) is 4.34. The van der Waals surface area contributed by atoms with Crippen LogP contribution in [-0.4, -0.2) is 29.6 Å². The highest BCUT2D eigenvalue weighted by molar-refractivity contribution is 5.92. The molecule has 1 aliphatic rings. The van der Waals surface area contributed by atoms with Gasteiger partial charge in [-0.25, -0.2) is 4.79 Å². The van der Waals surface area contributed by atoms with Crippen LogP contribution in [0, 0.1) is 6.92 Å². The van der Waals surface area contributed by atoms with Gasteiger partial charge < -0.3 is 19.9 Å². The van der Waals surface area contributed by atoms with Crippen molar-refractivity contribution in [1.82, 2.24) is 9.88 Å². The van der Waals surface area contributed by atoms with Crippen LogP contribution in [-0.2, 0) is 12.8 Å². The summed E-state index contributed by atoms with van der Waals surface area (Å²) in [5.74, 6) is 0.840. The maximum atomic E-state index is 13.6. The fraction of sp³-hybridized carbons (Fsp3) is 0.250. The second-order valence-electron chi connectivity index (χ2n) is 8.63. The molecule has 5 heteroatoms. The van der Waals surface area contributed by atoms with E-state index < -0.39 is 0 Å². The molecule has 2 N–H and O–H groups in total. The highest BCUT2D eigenvalue weighted by atomic mass is 16.5. The second kappa shape index (κ2) is 8.66. The number of nitrogens with zero attached hydrogens (tertiary/aromatic N) is 1. The summed E-state index contributed by atoms with van der Waals surface area (Å²) in [7, 11) is 1.69. The van der Waals surface area contributed by atoms with E-state index in [4.69, 9.17) is 4.74 Å². The van der Waals surface area contributed by atoms with Gasteiger partial charge in [0.15, 0.2) is 0 Å². The molecule has 0 unspecified atom stereocenters. The second-order valence-corrected chi connectivity index (χ2v) is 8.63. The van der Waals surface area contributed by atoms with Gasteiger partial charge in [0.2, 0.25) is 0 Å². The molecule has 5 nitrogen and oxygen atoms in total. The Balaban J connectivity index is 1.58. The Morgan fingerprint density at radius 1 is 1.12 bits per heavy atom. The standard InChI is InChI=1S/C28H29N3O2/c1-4-19-7-5-6-8-24(19)30-28(32)31-16-15-22-23-17-21(33-3)13-14-25(23)29-26(22)27(31)20-11-9-18(2)10-12-20/h5-14,17,27,29H,4,15-16H2,1-3H3,(H,30,32)/t27-/m1/s1. The minimum Gasteiger partial charge on any atom is -0.497 e. The number of fused-ring (bicyclic) bond motifs is 3. The van der Waals surface area contributed by atoms with Gasteiger partial charge >= 0.3 is 6.03 Å². The Hall–Kier alpha value is -3.73. The summed E-state index contributed by atoms with van der Waals surface area (Å²) in [6.07, 6.45) is 1.65. The van der Waals surface area contributed by atoms with Gasteiger partial charge in [-0.15, -0.1) is 0 Å². The molecule has 33 heavy (non-hydrogen) atoms. The molecule has 2 amide bonds. The van der Waals surface area contributed by atoms with E-state index in [9.17, 15) is 4.79 Å². The third-order valence-corrected chi connectivity index (χ3v) is 6.63. The van der Waals surface area contributed by atoms with Crippen molar-refractivity contribution in [2.45, 2.75) is 32.7 Å². The molecule has 3 aromatic carbocycles. The first-order chi connectivity index (χ1) is 16.1. The molecular formula is C28H29N3O2. The fourth-order valence-electron chi connectivity index (χ4n) is 4.85. The van der Waals surface area contributed by atoms with Crippen molar-refractivity contribution in [3.8, 4) is 5.75 Å². The van der Waals surface area contributed by atoms with E-state index in [0.717, 1.165) is 52.0 Å². The largest absolute Gasteiger partial charge is 0.497 e. The smallest absolute Gasteiger partial charge is 0.322 e. The van der Waals surface area contributed by atoms with E-state index in [1.807, 2.05) is 29.2 Å². The fourth-order valence-corrected chi connectivity index (χ4v) is 4.85. The molecule has 0 spiro atoms. The molecule has 0 aliphatic carbocycles. The van der Waals surface area contributed by atoms with Crippen LogP contribution in [0.3, 0.4) is 0 Å². The van der Waals surface area contributed by atoms with E-state index in [2.05, 4.69) is 66.6 Å². The van der Waals surface area contributed by atoms with Gasteiger partial charge in [-0.1, -0.05) is 55.0 Å². The lowest BCUT2D eigenvalue weighted by Crippen LogP contribution is -2.43. The van der Waals surface area contributed by atoms with Crippen molar-refractivity contribution >= 4 is 22.6 Å². The Labute approximate surface area is 194 Å². The van der Waals surface area contributed by atoms with E-state index in [0.29, 0.717) is 6.54 Å². The molecule has 5 rings (SSSR count). The number of rotatable bonds is 4. The van der Waals surface area contributed by atoms with Crippen molar-refractivity contribution in [2.24, 2.45) is 0 Å². The van der Waals surface area contributed by atoms with Crippen LogP contribution >= 0.6 is 0 Å². The average molecular weight is 440 g/mol. The van der Waals surface area contributed by atoms with Crippen LogP contribution in [0.1, 0.15) is 40.9 Å². The van der Waals surface area contributed by atoms with E-state index in [-0.39, 0.29) is 12.1 Å². The van der Waals surface area contributed by atoms with Crippen LogP contribution in [0.25, 0.3) is 10.9 Å². The number of hydrogen-bond donors (Lipinski definition) is 2. The Kier molecular flexibility index (Phi) is 5.55. The van der Waals surface area contributed by atoms with Crippen LogP contribution in [0.4, 0.5) is 10.5 Å². The lowest BCUT2D eigenvalue weighted by Gasteiger charge is -2.36. The molecule has 0 saturated carbocycles. The number of aromatic nitrogens is 1. The van der Waals surface area contributed by atoms with Gasteiger partial charge in [0.05, 0.1) is 13.2 Å². The highest BCUT2D eigenvalue weighted by Crippen LogP contribution is 2.39. The number of anilines is 1. The van der Waals surface area contributed by atoms with E-state index in [1.54, 1.807) is 7.11 Å². The number of methoxy groups -OCH3 is 1. The van der Waals surface area contributed by atoms with Gasteiger partial charge in [-0.05, 0) is 60.7 Å². The van der Waals surface area contributed by atoms with Crippen molar-refractivity contribution < 1.29 is 9.53 Å². The summed E-state index contributed by atoms with van der Waals surface area (Å²) in [6, 6.07) is 22.3. The lowest BCUT2D eigenvalue weighted by atomic mass is 9.92. The number of ether oxygens (including phenoxy) is 1. The quantitative estimate of drug-likeness (QED) is 0.396. The Morgan fingerprint density at radius 3 is 2.67 bits per heavy atom. The third kappa shape index (κ3) is 3.84. The number of hydrogen-bond acceptors (Lipinski definition) is 2. The van der Waals surface area contributed by atoms with E-state index >= 15 is 0 Å². The van der Waals surface area contributed by atoms with Crippen LogP contribution in [0.2, 0.25) is 0 Å². The number of carbonyl (C=O) groups is 1. The number of urea groups is 1. The van der Waals surface area contributed by atoms with Crippen LogP contribution in [0.15, 0.2) is 66.7 Å². The molecule has 0 saturated heterocycles. The molecule has 1 atom stereocenters. The topological polar surface area (TPSA) is 57.4 Å².